The summed E-state index contributed by atoms with van der Waals surface area (Å²) in [6.45, 7) is 8.94. The highest BCUT2D eigenvalue weighted by Gasteiger charge is 2.14. The molecule has 1 N–H and O–H groups in total. The van der Waals surface area contributed by atoms with E-state index in [1.54, 1.807) is 6.92 Å². The molecule has 0 saturated heterocycles. The summed E-state index contributed by atoms with van der Waals surface area (Å²) in [7, 11) is 8.23. The number of unbranched alkanes of at least 4 members (excludes halogenated alkanes) is 1. The number of ketones is 2. The predicted octanol–water partition coefficient (Wildman–Crippen LogP) is 2.09. The molecule has 0 aliphatic rings. The minimum atomic E-state index is -0.0694. The van der Waals surface area contributed by atoms with Gasteiger partial charge in [-0.05, 0) is 26.8 Å². The third kappa shape index (κ3) is 19.8. The molecule has 0 aliphatic carbocycles. The van der Waals surface area contributed by atoms with Gasteiger partial charge in [0.25, 0.3) is 0 Å². The van der Waals surface area contributed by atoms with Crippen LogP contribution in [0.25, 0.3) is 0 Å². The molecule has 190 valence electrons. The van der Waals surface area contributed by atoms with E-state index in [2.05, 4.69) is 26.5 Å². The van der Waals surface area contributed by atoms with Crippen molar-refractivity contribution < 1.29 is 33.0 Å². The molecule has 1 unspecified atom stereocenters. The van der Waals surface area contributed by atoms with Crippen molar-refractivity contribution in [3.8, 4) is 0 Å². The Labute approximate surface area is 195 Å². The monoisotopic (exact) mass is 461 g/mol. The van der Waals surface area contributed by atoms with Crippen molar-refractivity contribution in [1.82, 2.24) is 5.32 Å². The minimum absolute atomic E-state index is 0.0360. The second-order valence-corrected chi connectivity index (χ2v) is 9.32. The fourth-order valence-electron chi connectivity index (χ4n) is 3.03. The highest BCUT2D eigenvalue weighted by atomic mass is 16.6. The molecule has 0 aromatic heterocycles. The molecule has 2 atom stereocenters. The van der Waals surface area contributed by atoms with Crippen molar-refractivity contribution in [3.63, 3.8) is 0 Å². The van der Waals surface area contributed by atoms with Crippen molar-refractivity contribution in [2.75, 3.05) is 87.6 Å². The fourth-order valence-corrected chi connectivity index (χ4v) is 3.03. The number of hydrogen-bond donors (Lipinski definition) is 1. The molecule has 0 spiro atoms. The van der Waals surface area contributed by atoms with E-state index in [0.717, 1.165) is 43.3 Å². The van der Waals surface area contributed by atoms with Crippen LogP contribution in [0.4, 0.5) is 0 Å². The number of hydrogen-bond acceptors (Lipinski definition) is 7. The van der Waals surface area contributed by atoms with Crippen molar-refractivity contribution in [3.05, 3.63) is 0 Å². The number of likely N-dealkylation sites (N-methyl/N-ethyl adjacent to an activating group) is 2. The third-order valence-electron chi connectivity index (χ3n) is 5.28. The fraction of sp³-hybridized carbons (Fsp3) is 0.917. The Morgan fingerprint density at radius 2 is 1.25 bits per heavy atom. The Morgan fingerprint density at radius 3 is 1.72 bits per heavy atom. The van der Waals surface area contributed by atoms with E-state index in [1.165, 1.54) is 0 Å². The summed E-state index contributed by atoms with van der Waals surface area (Å²) in [5, 5.41) is 3.03. The maximum absolute atomic E-state index is 12.2. The molecular weight excluding hydrogens is 412 g/mol. The van der Waals surface area contributed by atoms with Crippen LogP contribution in [0.2, 0.25) is 0 Å². The van der Waals surface area contributed by atoms with Gasteiger partial charge in [-0.15, -0.1) is 0 Å². The first-order valence-corrected chi connectivity index (χ1v) is 12.0. The molecule has 0 aliphatic heterocycles. The number of quaternary nitrogens is 1. The summed E-state index contributed by atoms with van der Waals surface area (Å²) in [6.07, 6.45) is 4.02. The normalized spacial score (nSPS) is 13.8. The SMILES string of the molecule is CN[C@@H](CCCCC(C)C(=O)CCOCCOCCOCCOCC[N+](C)(C)C)C(C)=O. The number of nitrogens with one attached hydrogen (secondary N) is 1. The average Bonchev–Trinajstić information content (AvgIpc) is 2.72. The molecule has 0 aromatic carbocycles. The van der Waals surface area contributed by atoms with Crippen LogP contribution in [-0.4, -0.2) is 110 Å². The molecule has 32 heavy (non-hydrogen) atoms. The van der Waals surface area contributed by atoms with Gasteiger partial charge in [-0.3, -0.25) is 9.59 Å². The van der Waals surface area contributed by atoms with E-state index in [4.69, 9.17) is 18.9 Å². The van der Waals surface area contributed by atoms with Gasteiger partial charge in [0.1, 0.15) is 18.1 Å². The minimum Gasteiger partial charge on any atom is -0.379 e. The lowest BCUT2D eigenvalue weighted by Gasteiger charge is -2.23. The zero-order chi connectivity index (χ0) is 24.2. The van der Waals surface area contributed by atoms with Gasteiger partial charge in [0.15, 0.2) is 0 Å². The first kappa shape index (κ1) is 31.1. The lowest BCUT2D eigenvalue weighted by molar-refractivity contribution is -0.870. The first-order valence-electron chi connectivity index (χ1n) is 12.0. The van der Waals surface area contributed by atoms with Gasteiger partial charge in [-0.1, -0.05) is 19.8 Å². The molecule has 0 amide bonds. The van der Waals surface area contributed by atoms with Gasteiger partial charge in [0.05, 0.1) is 80.0 Å². The quantitative estimate of drug-likeness (QED) is 0.184. The van der Waals surface area contributed by atoms with Gasteiger partial charge in [-0.25, -0.2) is 0 Å². The number of rotatable bonds is 23. The maximum atomic E-state index is 12.2. The van der Waals surface area contributed by atoms with Crippen LogP contribution in [-0.2, 0) is 28.5 Å². The molecule has 8 heteroatoms. The molecule has 0 radical (unpaired) electrons. The van der Waals surface area contributed by atoms with Crippen LogP contribution in [0.5, 0.6) is 0 Å². The van der Waals surface area contributed by atoms with Crippen molar-refractivity contribution >= 4 is 11.6 Å². The molecule has 0 heterocycles. The zero-order valence-electron chi connectivity index (χ0n) is 21.5. The summed E-state index contributed by atoms with van der Waals surface area (Å²) in [4.78, 5) is 23.6. The lowest BCUT2D eigenvalue weighted by atomic mass is 9.96. The molecular formula is C24H49N2O6+. The highest BCUT2D eigenvalue weighted by molar-refractivity contribution is 5.81. The van der Waals surface area contributed by atoms with Gasteiger partial charge >= 0.3 is 0 Å². The Bertz CT molecular complexity index is 482. The number of ether oxygens (including phenoxy) is 4. The summed E-state index contributed by atoms with van der Waals surface area (Å²) in [5.74, 6) is 0.440. The molecule has 0 saturated carbocycles. The molecule has 0 rings (SSSR count). The number of carbonyl (C=O) groups excluding carboxylic acids is 2. The van der Waals surface area contributed by atoms with E-state index >= 15 is 0 Å². The largest absolute Gasteiger partial charge is 0.379 e. The second-order valence-electron chi connectivity index (χ2n) is 9.32. The predicted molar refractivity (Wildman–Crippen MR) is 127 cm³/mol. The number of carbonyl (C=O) groups is 2. The first-order chi connectivity index (χ1) is 15.2. The van der Waals surface area contributed by atoms with Crippen LogP contribution < -0.4 is 5.32 Å². The van der Waals surface area contributed by atoms with Crippen LogP contribution in [0, 0.1) is 5.92 Å². The van der Waals surface area contributed by atoms with Gasteiger partial charge in [0.2, 0.25) is 0 Å². The molecule has 0 aromatic rings. The van der Waals surface area contributed by atoms with E-state index in [1.807, 2.05) is 14.0 Å². The van der Waals surface area contributed by atoms with E-state index < -0.39 is 0 Å². The lowest BCUT2D eigenvalue weighted by Crippen LogP contribution is -2.37. The van der Waals surface area contributed by atoms with Crippen LogP contribution in [0.15, 0.2) is 0 Å². The maximum Gasteiger partial charge on any atom is 0.146 e. The Kier molecular flexibility index (Phi) is 19.0. The van der Waals surface area contributed by atoms with Gasteiger partial charge < -0.3 is 28.7 Å². The summed E-state index contributed by atoms with van der Waals surface area (Å²) in [6, 6.07) is -0.0694. The molecule has 0 fully saturated rings. The molecule has 0 bridgehead atoms. The Morgan fingerprint density at radius 1 is 0.781 bits per heavy atom. The zero-order valence-corrected chi connectivity index (χ0v) is 21.5. The third-order valence-corrected chi connectivity index (χ3v) is 5.28. The smallest absolute Gasteiger partial charge is 0.146 e. The Hall–Kier alpha value is -0.900. The van der Waals surface area contributed by atoms with Gasteiger partial charge in [0, 0.05) is 12.3 Å². The molecule has 8 nitrogen and oxygen atoms in total. The second kappa shape index (κ2) is 19.6. The summed E-state index contributed by atoms with van der Waals surface area (Å²) in [5.41, 5.74) is 0. The van der Waals surface area contributed by atoms with E-state index in [9.17, 15) is 9.59 Å². The van der Waals surface area contributed by atoms with Crippen molar-refractivity contribution in [1.29, 1.82) is 0 Å². The van der Waals surface area contributed by atoms with Gasteiger partial charge in [-0.2, -0.15) is 0 Å². The van der Waals surface area contributed by atoms with Crippen LogP contribution in [0.1, 0.15) is 46.0 Å². The van der Waals surface area contributed by atoms with Crippen molar-refractivity contribution in [2.24, 2.45) is 5.92 Å². The summed E-state index contributed by atoms with van der Waals surface area (Å²) < 4.78 is 22.8. The topological polar surface area (TPSA) is 83.1 Å². The van der Waals surface area contributed by atoms with Crippen molar-refractivity contribution in [2.45, 2.75) is 52.0 Å². The number of nitrogens with zero attached hydrogens (tertiary/aromatic N) is 1. The van der Waals surface area contributed by atoms with Crippen LogP contribution in [0.3, 0.4) is 0 Å². The van der Waals surface area contributed by atoms with Crippen LogP contribution >= 0.6 is 0 Å². The highest BCUT2D eigenvalue weighted by Crippen LogP contribution is 2.13. The standard InChI is InChI=1S/C24H49N2O6/c1-21(9-7-8-10-23(25-3)22(2)27)24(28)11-13-29-15-17-31-19-20-32-18-16-30-14-12-26(4,5)6/h21,23,25H,7-20H2,1-6H3/q+1/t21?,23-/m0/s1. The number of Topliss-reactive ketones (excluding diaryl/α,β-unsaturated/α-hetero) is 2. The average molecular weight is 462 g/mol. The van der Waals surface area contributed by atoms with E-state index in [-0.39, 0.29) is 23.5 Å². The van der Waals surface area contributed by atoms with E-state index in [0.29, 0.717) is 52.7 Å². The Balaban J connectivity index is 3.44. The summed E-state index contributed by atoms with van der Waals surface area (Å²) >= 11 is 0.